The number of benzene rings is 1. The summed E-state index contributed by atoms with van der Waals surface area (Å²) < 4.78 is 27.9. The summed E-state index contributed by atoms with van der Waals surface area (Å²) in [6, 6.07) is 2.14. The van der Waals surface area contributed by atoms with Gasteiger partial charge in [0.1, 0.15) is 11.6 Å². The maximum atomic E-state index is 14.0. The fourth-order valence-electron chi connectivity index (χ4n) is 2.81. The van der Waals surface area contributed by atoms with Gasteiger partial charge in [-0.15, -0.1) is 0 Å². The number of carboxylic acid groups (broad SMARTS) is 1. The fraction of sp³-hybridized carbons (Fsp3) is 0.438. The van der Waals surface area contributed by atoms with Gasteiger partial charge in [-0.1, -0.05) is 6.07 Å². The molecule has 1 saturated heterocycles. The number of carbonyl (C=O) groups is 3. The largest absolute Gasteiger partial charge is 0.481 e. The third-order valence-electron chi connectivity index (χ3n) is 3.99. The Morgan fingerprint density at radius 1 is 1.33 bits per heavy atom. The van der Waals surface area contributed by atoms with Gasteiger partial charge in [0, 0.05) is 25.6 Å². The van der Waals surface area contributed by atoms with Crippen molar-refractivity contribution in [3.8, 4) is 0 Å². The van der Waals surface area contributed by atoms with E-state index in [2.05, 4.69) is 5.32 Å². The monoisotopic (exact) mass is 340 g/mol. The Bertz CT molecular complexity index is 645. The number of carbonyl (C=O) groups excluding carboxylic acids is 2. The predicted molar refractivity (Wildman–Crippen MR) is 79.9 cm³/mol. The lowest BCUT2D eigenvalue weighted by Gasteiger charge is -2.22. The second-order valence-corrected chi connectivity index (χ2v) is 5.76. The van der Waals surface area contributed by atoms with Crippen LogP contribution >= 0.6 is 0 Å². The lowest BCUT2D eigenvalue weighted by molar-refractivity contribution is -0.141. The molecule has 6 nitrogen and oxygen atoms in total. The van der Waals surface area contributed by atoms with Crippen LogP contribution in [-0.4, -0.2) is 40.9 Å². The average Bonchev–Trinajstić information content (AvgIpc) is 2.96. The Morgan fingerprint density at radius 3 is 2.46 bits per heavy atom. The standard InChI is InChI=1S/C16H18F2N2O4/c1-9(21)19-13(15-11(17)3-2-4-12(15)18)7-14(22)20-6-5-10(8-20)16(23)24/h2-4,10,13H,5-8H2,1H3,(H,19,21)(H,23,24)/t10-,13+/m1/s1. The molecule has 24 heavy (non-hydrogen) atoms. The van der Waals surface area contributed by atoms with E-state index in [1.807, 2.05) is 0 Å². The normalized spacial score (nSPS) is 18.3. The summed E-state index contributed by atoms with van der Waals surface area (Å²) in [6.45, 7) is 1.51. The van der Waals surface area contributed by atoms with Crippen LogP contribution < -0.4 is 5.32 Å². The van der Waals surface area contributed by atoms with Gasteiger partial charge in [0.15, 0.2) is 0 Å². The highest BCUT2D eigenvalue weighted by Gasteiger charge is 2.33. The number of rotatable bonds is 5. The first-order valence-electron chi connectivity index (χ1n) is 7.51. The molecule has 0 aliphatic carbocycles. The topological polar surface area (TPSA) is 86.7 Å². The van der Waals surface area contributed by atoms with Gasteiger partial charge in [-0.25, -0.2) is 8.78 Å². The molecule has 0 bridgehead atoms. The third-order valence-corrected chi connectivity index (χ3v) is 3.99. The number of amides is 2. The van der Waals surface area contributed by atoms with E-state index in [0.717, 1.165) is 12.1 Å². The van der Waals surface area contributed by atoms with Gasteiger partial charge < -0.3 is 15.3 Å². The van der Waals surface area contributed by atoms with Crippen LogP contribution in [0.3, 0.4) is 0 Å². The molecule has 1 aliphatic heterocycles. The molecule has 0 aromatic heterocycles. The quantitative estimate of drug-likeness (QED) is 0.850. The van der Waals surface area contributed by atoms with E-state index >= 15 is 0 Å². The summed E-state index contributed by atoms with van der Waals surface area (Å²) >= 11 is 0. The molecule has 1 aromatic carbocycles. The van der Waals surface area contributed by atoms with Crippen LogP contribution in [0.5, 0.6) is 0 Å². The minimum atomic E-state index is -1.15. The molecule has 1 aromatic rings. The van der Waals surface area contributed by atoms with Gasteiger partial charge in [0.25, 0.3) is 0 Å². The summed E-state index contributed by atoms with van der Waals surface area (Å²) in [6.07, 6.45) is -0.0102. The molecule has 0 unspecified atom stereocenters. The lowest BCUT2D eigenvalue weighted by atomic mass is 10.0. The Hall–Kier alpha value is -2.51. The minimum Gasteiger partial charge on any atom is -0.481 e. The maximum Gasteiger partial charge on any atom is 0.308 e. The van der Waals surface area contributed by atoms with Crippen molar-refractivity contribution in [1.29, 1.82) is 0 Å². The lowest BCUT2D eigenvalue weighted by Crippen LogP contribution is -2.36. The zero-order valence-electron chi connectivity index (χ0n) is 13.1. The molecule has 1 heterocycles. The maximum absolute atomic E-state index is 14.0. The van der Waals surface area contributed by atoms with E-state index in [4.69, 9.17) is 5.11 Å². The van der Waals surface area contributed by atoms with Gasteiger partial charge in [0.2, 0.25) is 11.8 Å². The van der Waals surface area contributed by atoms with Crippen LogP contribution in [0.15, 0.2) is 18.2 Å². The SMILES string of the molecule is CC(=O)N[C@@H](CC(=O)N1CC[C@@H](C(=O)O)C1)c1c(F)cccc1F. The molecule has 130 valence electrons. The van der Waals surface area contributed by atoms with Crippen molar-refractivity contribution in [2.75, 3.05) is 13.1 Å². The second-order valence-electron chi connectivity index (χ2n) is 5.76. The highest BCUT2D eigenvalue weighted by atomic mass is 19.1. The number of aliphatic carboxylic acids is 1. The summed E-state index contributed by atoms with van der Waals surface area (Å²) in [5, 5.41) is 11.4. The van der Waals surface area contributed by atoms with Gasteiger partial charge in [-0.05, 0) is 18.6 Å². The molecule has 8 heteroatoms. The van der Waals surface area contributed by atoms with Crippen molar-refractivity contribution in [2.24, 2.45) is 5.92 Å². The minimum absolute atomic E-state index is 0.0563. The molecule has 2 N–H and O–H groups in total. The van der Waals surface area contributed by atoms with Crippen molar-refractivity contribution in [2.45, 2.75) is 25.8 Å². The van der Waals surface area contributed by atoms with Gasteiger partial charge >= 0.3 is 5.97 Å². The molecule has 1 aliphatic rings. The van der Waals surface area contributed by atoms with Crippen molar-refractivity contribution >= 4 is 17.8 Å². The first-order chi connectivity index (χ1) is 11.3. The van der Waals surface area contributed by atoms with Crippen LogP contribution in [0.2, 0.25) is 0 Å². The van der Waals surface area contributed by atoms with Crippen LogP contribution in [0.1, 0.15) is 31.4 Å². The number of hydrogen-bond donors (Lipinski definition) is 2. The number of hydrogen-bond acceptors (Lipinski definition) is 3. The summed E-state index contributed by atoms with van der Waals surface area (Å²) in [4.78, 5) is 36.0. The van der Waals surface area contributed by atoms with Crippen LogP contribution in [-0.2, 0) is 14.4 Å². The Morgan fingerprint density at radius 2 is 1.96 bits per heavy atom. The molecular formula is C16H18F2N2O4. The van der Waals surface area contributed by atoms with Gasteiger partial charge in [-0.3, -0.25) is 14.4 Å². The Labute approximate surface area is 137 Å². The first-order valence-corrected chi connectivity index (χ1v) is 7.51. The van der Waals surface area contributed by atoms with E-state index in [0.29, 0.717) is 6.42 Å². The molecule has 0 saturated carbocycles. The number of halogens is 2. The van der Waals surface area contributed by atoms with Crippen LogP contribution in [0.4, 0.5) is 8.78 Å². The highest BCUT2D eigenvalue weighted by Crippen LogP contribution is 2.26. The van der Waals surface area contributed by atoms with Crippen molar-refractivity contribution < 1.29 is 28.3 Å². The molecule has 0 spiro atoms. The molecule has 1 fully saturated rings. The fourth-order valence-corrected chi connectivity index (χ4v) is 2.81. The van der Waals surface area contributed by atoms with Crippen molar-refractivity contribution in [3.05, 3.63) is 35.4 Å². The van der Waals surface area contributed by atoms with E-state index in [1.165, 1.54) is 17.9 Å². The number of carboxylic acids is 1. The van der Waals surface area contributed by atoms with E-state index in [1.54, 1.807) is 0 Å². The molecular weight excluding hydrogens is 322 g/mol. The van der Waals surface area contributed by atoms with Crippen molar-refractivity contribution in [1.82, 2.24) is 10.2 Å². The first kappa shape index (κ1) is 17.8. The Balaban J connectivity index is 2.16. The molecule has 2 atom stereocenters. The van der Waals surface area contributed by atoms with Gasteiger partial charge in [-0.2, -0.15) is 0 Å². The van der Waals surface area contributed by atoms with E-state index in [-0.39, 0.29) is 25.1 Å². The van der Waals surface area contributed by atoms with E-state index < -0.39 is 41.4 Å². The van der Waals surface area contributed by atoms with Gasteiger partial charge in [0.05, 0.1) is 18.4 Å². The molecule has 2 rings (SSSR count). The zero-order valence-corrected chi connectivity index (χ0v) is 13.1. The third kappa shape index (κ3) is 4.06. The average molecular weight is 340 g/mol. The predicted octanol–water partition coefficient (Wildman–Crippen LogP) is 1.47. The number of nitrogens with zero attached hydrogens (tertiary/aromatic N) is 1. The van der Waals surface area contributed by atoms with Crippen LogP contribution in [0, 0.1) is 17.6 Å². The van der Waals surface area contributed by atoms with Crippen molar-refractivity contribution in [3.63, 3.8) is 0 Å². The molecule has 2 amide bonds. The Kier molecular flexibility index (Phi) is 5.48. The summed E-state index contributed by atoms with van der Waals surface area (Å²) in [5.41, 5.74) is -0.380. The highest BCUT2D eigenvalue weighted by molar-refractivity contribution is 5.80. The summed E-state index contributed by atoms with van der Waals surface area (Å²) in [7, 11) is 0. The molecule has 0 radical (unpaired) electrons. The number of likely N-dealkylation sites (tertiary alicyclic amines) is 1. The zero-order chi connectivity index (χ0) is 17.9. The number of nitrogens with one attached hydrogen (secondary N) is 1. The smallest absolute Gasteiger partial charge is 0.308 e. The second kappa shape index (κ2) is 7.37. The van der Waals surface area contributed by atoms with Crippen LogP contribution in [0.25, 0.3) is 0 Å². The van der Waals surface area contributed by atoms with E-state index in [9.17, 15) is 23.2 Å². The summed E-state index contributed by atoms with van der Waals surface area (Å²) in [5.74, 6) is -4.32.